The van der Waals surface area contributed by atoms with Crippen molar-refractivity contribution >= 4 is 0 Å². The molecule has 0 bridgehead atoms. The Bertz CT molecular complexity index is 413. The number of rotatable bonds is 6. The van der Waals surface area contributed by atoms with Crippen LogP contribution in [0.15, 0.2) is 24.3 Å². The van der Waals surface area contributed by atoms with Crippen LogP contribution in [0, 0.1) is 5.82 Å². The van der Waals surface area contributed by atoms with E-state index in [0.29, 0.717) is 17.7 Å². The van der Waals surface area contributed by atoms with Crippen LogP contribution in [0.3, 0.4) is 0 Å². The molecule has 0 aromatic heterocycles. The van der Waals surface area contributed by atoms with Crippen molar-refractivity contribution in [1.29, 1.82) is 0 Å². The average molecular weight is 263 g/mol. The van der Waals surface area contributed by atoms with Gasteiger partial charge in [0.15, 0.2) is 0 Å². The van der Waals surface area contributed by atoms with Gasteiger partial charge in [0.25, 0.3) is 0 Å². The fourth-order valence-electron chi connectivity index (χ4n) is 2.79. The molecular formula is C16H22FNO. The van der Waals surface area contributed by atoms with Gasteiger partial charge < -0.3 is 10.1 Å². The van der Waals surface area contributed by atoms with Crippen LogP contribution in [0.2, 0.25) is 0 Å². The minimum Gasteiger partial charge on any atom is -0.369 e. The summed E-state index contributed by atoms with van der Waals surface area (Å²) in [6, 6.07) is 7.63. The summed E-state index contributed by atoms with van der Waals surface area (Å²) in [4.78, 5) is 0. The summed E-state index contributed by atoms with van der Waals surface area (Å²) in [7, 11) is 0. The van der Waals surface area contributed by atoms with E-state index >= 15 is 0 Å². The number of halogens is 1. The smallest absolute Gasteiger partial charge is 0.129 e. The van der Waals surface area contributed by atoms with Crippen LogP contribution in [0.5, 0.6) is 0 Å². The molecule has 2 saturated carbocycles. The Balaban J connectivity index is 1.68. The van der Waals surface area contributed by atoms with Gasteiger partial charge in [0.2, 0.25) is 0 Å². The number of hydrogen-bond acceptors (Lipinski definition) is 2. The Morgan fingerprint density at radius 3 is 2.58 bits per heavy atom. The van der Waals surface area contributed by atoms with Gasteiger partial charge >= 0.3 is 0 Å². The molecule has 0 spiro atoms. The molecule has 0 heterocycles. The third kappa shape index (κ3) is 3.54. The van der Waals surface area contributed by atoms with E-state index < -0.39 is 0 Å². The second-order valence-corrected chi connectivity index (χ2v) is 5.74. The van der Waals surface area contributed by atoms with Gasteiger partial charge in [-0.3, -0.25) is 0 Å². The highest BCUT2D eigenvalue weighted by Crippen LogP contribution is 2.29. The van der Waals surface area contributed by atoms with Crippen molar-refractivity contribution in [3.05, 3.63) is 35.6 Å². The molecule has 2 nitrogen and oxygen atoms in total. The molecule has 1 unspecified atom stereocenters. The van der Waals surface area contributed by atoms with Crippen LogP contribution in [0.4, 0.5) is 4.39 Å². The van der Waals surface area contributed by atoms with Crippen LogP contribution in [-0.4, -0.2) is 18.7 Å². The van der Waals surface area contributed by atoms with Crippen molar-refractivity contribution < 1.29 is 9.13 Å². The van der Waals surface area contributed by atoms with Crippen LogP contribution >= 0.6 is 0 Å². The standard InChI is InChI=1S/C16H22FNO/c17-15-8-4-3-7-14(15)16(11-18-12-9-10-12)19-13-5-1-2-6-13/h3-4,7-8,12-13,16,18H,1-2,5-6,9-11H2. The monoisotopic (exact) mass is 263 g/mol. The largest absolute Gasteiger partial charge is 0.369 e. The van der Waals surface area contributed by atoms with E-state index in [4.69, 9.17) is 4.74 Å². The van der Waals surface area contributed by atoms with E-state index in [1.165, 1.54) is 31.7 Å². The first-order valence-corrected chi connectivity index (χ1v) is 7.46. The highest BCUT2D eigenvalue weighted by atomic mass is 19.1. The highest BCUT2D eigenvalue weighted by Gasteiger charge is 2.26. The minimum absolute atomic E-state index is 0.148. The summed E-state index contributed by atoms with van der Waals surface area (Å²) in [6.45, 7) is 0.724. The van der Waals surface area contributed by atoms with Crippen molar-refractivity contribution in [2.24, 2.45) is 0 Å². The molecule has 2 fully saturated rings. The third-order valence-electron chi connectivity index (χ3n) is 4.08. The molecule has 2 aliphatic rings. The molecule has 19 heavy (non-hydrogen) atoms. The number of nitrogens with one attached hydrogen (secondary N) is 1. The number of ether oxygens (including phenoxy) is 1. The van der Waals surface area contributed by atoms with Gasteiger partial charge in [-0.2, -0.15) is 0 Å². The Kier molecular flexibility index (Phi) is 4.14. The van der Waals surface area contributed by atoms with Crippen molar-refractivity contribution in [3.8, 4) is 0 Å². The first kappa shape index (κ1) is 13.1. The number of benzene rings is 1. The van der Waals surface area contributed by atoms with Gasteiger partial charge in [-0.15, -0.1) is 0 Å². The fraction of sp³-hybridized carbons (Fsp3) is 0.625. The van der Waals surface area contributed by atoms with E-state index in [1.54, 1.807) is 6.07 Å². The molecule has 104 valence electrons. The van der Waals surface area contributed by atoms with E-state index in [9.17, 15) is 4.39 Å². The third-order valence-corrected chi connectivity index (χ3v) is 4.08. The molecule has 0 radical (unpaired) electrons. The zero-order chi connectivity index (χ0) is 13.1. The number of hydrogen-bond donors (Lipinski definition) is 1. The molecule has 1 N–H and O–H groups in total. The predicted molar refractivity (Wildman–Crippen MR) is 73.5 cm³/mol. The van der Waals surface area contributed by atoms with E-state index in [1.807, 2.05) is 12.1 Å². The summed E-state index contributed by atoms with van der Waals surface area (Å²) in [5, 5.41) is 3.46. The summed E-state index contributed by atoms with van der Waals surface area (Å²) in [6.07, 6.45) is 7.37. The summed E-state index contributed by atoms with van der Waals surface area (Å²) >= 11 is 0. The molecule has 0 amide bonds. The molecule has 3 heteroatoms. The quantitative estimate of drug-likeness (QED) is 0.847. The Labute approximate surface area is 114 Å². The van der Waals surface area contributed by atoms with Gasteiger partial charge in [0.1, 0.15) is 5.82 Å². The van der Waals surface area contributed by atoms with Gasteiger partial charge in [-0.1, -0.05) is 31.0 Å². The SMILES string of the molecule is Fc1ccccc1C(CNC1CC1)OC1CCCC1. The Morgan fingerprint density at radius 2 is 1.89 bits per heavy atom. The lowest BCUT2D eigenvalue weighted by Gasteiger charge is -2.23. The maximum absolute atomic E-state index is 13.9. The first-order valence-electron chi connectivity index (χ1n) is 7.46. The first-order chi connectivity index (χ1) is 9.33. The Morgan fingerprint density at radius 1 is 1.16 bits per heavy atom. The maximum atomic E-state index is 13.9. The summed E-state index contributed by atoms with van der Waals surface area (Å²) in [5.41, 5.74) is 0.697. The molecular weight excluding hydrogens is 241 g/mol. The second-order valence-electron chi connectivity index (χ2n) is 5.74. The van der Waals surface area contributed by atoms with E-state index in [-0.39, 0.29) is 11.9 Å². The van der Waals surface area contributed by atoms with Crippen molar-refractivity contribution in [2.75, 3.05) is 6.54 Å². The Hall–Kier alpha value is -0.930. The van der Waals surface area contributed by atoms with E-state index in [0.717, 1.165) is 19.4 Å². The molecule has 1 aromatic carbocycles. The van der Waals surface area contributed by atoms with Crippen molar-refractivity contribution in [2.45, 2.75) is 56.8 Å². The second kappa shape index (κ2) is 6.02. The van der Waals surface area contributed by atoms with Gasteiger partial charge in [0, 0.05) is 18.2 Å². The zero-order valence-electron chi connectivity index (χ0n) is 11.3. The average Bonchev–Trinajstić information content (AvgIpc) is 3.11. The van der Waals surface area contributed by atoms with E-state index in [2.05, 4.69) is 5.32 Å². The van der Waals surface area contributed by atoms with Crippen molar-refractivity contribution in [1.82, 2.24) is 5.32 Å². The van der Waals surface area contributed by atoms with Crippen LogP contribution < -0.4 is 5.32 Å². The zero-order valence-corrected chi connectivity index (χ0v) is 11.3. The molecule has 1 atom stereocenters. The topological polar surface area (TPSA) is 21.3 Å². The molecule has 0 aliphatic heterocycles. The fourth-order valence-corrected chi connectivity index (χ4v) is 2.79. The molecule has 3 rings (SSSR count). The van der Waals surface area contributed by atoms with Crippen LogP contribution in [0.1, 0.15) is 50.2 Å². The normalized spacial score (nSPS) is 21.7. The predicted octanol–water partition coefficient (Wildman–Crippen LogP) is 3.58. The van der Waals surface area contributed by atoms with Gasteiger partial charge in [-0.25, -0.2) is 4.39 Å². The maximum Gasteiger partial charge on any atom is 0.129 e. The van der Waals surface area contributed by atoms with Gasteiger partial charge in [-0.05, 0) is 31.7 Å². The minimum atomic E-state index is -0.150. The van der Waals surface area contributed by atoms with Crippen molar-refractivity contribution in [3.63, 3.8) is 0 Å². The summed E-state index contributed by atoms with van der Waals surface area (Å²) < 4.78 is 20.1. The molecule has 2 aliphatic carbocycles. The lowest BCUT2D eigenvalue weighted by atomic mass is 10.1. The highest BCUT2D eigenvalue weighted by molar-refractivity contribution is 5.20. The lowest BCUT2D eigenvalue weighted by molar-refractivity contribution is -0.0106. The van der Waals surface area contributed by atoms with Crippen LogP contribution in [-0.2, 0) is 4.74 Å². The van der Waals surface area contributed by atoms with Crippen LogP contribution in [0.25, 0.3) is 0 Å². The van der Waals surface area contributed by atoms with Gasteiger partial charge in [0.05, 0.1) is 12.2 Å². The molecule has 1 aromatic rings. The summed E-state index contributed by atoms with van der Waals surface area (Å²) in [5.74, 6) is -0.150. The lowest BCUT2D eigenvalue weighted by Crippen LogP contribution is -2.28. The molecule has 0 saturated heterocycles.